The van der Waals surface area contributed by atoms with Crippen LogP contribution in [-0.4, -0.2) is 87.0 Å². The predicted molar refractivity (Wildman–Crippen MR) is 184 cm³/mol. The van der Waals surface area contributed by atoms with Crippen LogP contribution in [0.3, 0.4) is 0 Å². The number of nitrogens with one attached hydrogen (secondary N) is 1. The Morgan fingerprint density at radius 2 is 1.75 bits per heavy atom. The second-order valence-corrected chi connectivity index (χ2v) is 14.0. The van der Waals surface area contributed by atoms with Crippen LogP contribution in [0.2, 0.25) is 0 Å². The lowest BCUT2D eigenvalue weighted by Crippen LogP contribution is -2.58. The number of carbonyl (C=O) groups excluding carboxylic acids is 4. The van der Waals surface area contributed by atoms with E-state index in [1.807, 2.05) is 74.5 Å². The lowest BCUT2D eigenvalue weighted by atomic mass is 9.70. The molecule has 11 heteroatoms. The van der Waals surface area contributed by atoms with Crippen LogP contribution in [0.1, 0.15) is 56.3 Å². The number of hydrogen-bond acceptors (Lipinski definition) is 7. The van der Waals surface area contributed by atoms with Gasteiger partial charge in [-0.1, -0.05) is 88.7 Å². The van der Waals surface area contributed by atoms with Crippen molar-refractivity contribution in [2.24, 2.45) is 11.8 Å². The second-order valence-electron chi connectivity index (χ2n) is 12.9. The summed E-state index contributed by atoms with van der Waals surface area (Å²) >= 11 is 3.73. The van der Waals surface area contributed by atoms with E-state index in [-0.39, 0.29) is 36.3 Å². The first-order valence-corrected chi connectivity index (χ1v) is 17.3. The van der Waals surface area contributed by atoms with Gasteiger partial charge in [-0.3, -0.25) is 19.2 Å². The highest BCUT2D eigenvalue weighted by Crippen LogP contribution is 2.61. The zero-order valence-electron chi connectivity index (χ0n) is 27.4. The van der Waals surface area contributed by atoms with Gasteiger partial charge in [0.1, 0.15) is 18.2 Å². The Hall–Kier alpha value is -3.80. The first-order chi connectivity index (χ1) is 23.1. The number of hydrogen-bond donors (Lipinski definition) is 2. The average molecular weight is 723 g/mol. The maximum absolute atomic E-state index is 14.8. The molecular weight excluding hydrogens is 678 g/mol. The molecule has 10 nitrogen and oxygen atoms in total. The summed E-state index contributed by atoms with van der Waals surface area (Å²) < 4.78 is 12.3. The van der Waals surface area contributed by atoms with Gasteiger partial charge in [-0.05, 0) is 37.8 Å². The number of alkyl halides is 1. The van der Waals surface area contributed by atoms with Crippen LogP contribution in [0.25, 0.3) is 0 Å². The Bertz CT molecular complexity index is 1500. The number of allylic oxidation sites excluding steroid dienone is 1. The van der Waals surface area contributed by atoms with Crippen LogP contribution in [0, 0.1) is 11.8 Å². The summed E-state index contributed by atoms with van der Waals surface area (Å²) in [6.45, 7) is 11.0. The van der Waals surface area contributed by atoms with Gasteiger partial charge in [0.05, 0.1) is 36.6 Å². The van der Waals surface area contributed by atoms with Crippen LogP contribution in [0.4, 0.5) is 0 Å². The van der Waals surface area contributed by atoms with Crippen molar-refractivity contribution in [1.82, 2.24) is 15.1 Å². The second kappa shape index (κ2) is 15.2. The minimum absolute atomic E-state index is 0.107. The Balaban J connectivity index is 1.53. The van der Waals surface area contributed by atoms with Crippen molar-refractivity contribution in [3.05, 3.63) is 97.1 Å². The van der Waals surface area contributed by atoms with Gasteiger partial charge < -0.3 is 29.7 Å². The molecule has 0 radical (unpaired) electrons. The maximum atomic E-state index is 14.8. The first kappa shape index (κ1) is 35.5. The van der Waals surface area contributed by atoms with E-state index in [0.29, 0.717) is 18.4 Å². The van der Waals surface area contributed by atoms with Crippen LogP contribution < -0.4 is 5.32 Å². The molecule has 2 N–H and O–H groups in total. The summed E-state index contributed by atoms with van der Waals surface area (Å²) in [7, 11) is 0. The van der Waals surface area contributed by atoms with Crippen molar-refractivity contribution >= 4 is 39.6 Å². The van der Waals surface area contributed by atoms with Gasteiger partial charge in [0.2, 0.25) is 17.7 Å². The lowest BCUT2D eigenvalue weighted by Gasteiger charge is -2.40. The molecule has 0 saturated carbocycles. The van der Waals surface area contributed by atoms with Gasteiger partial charge in [-0.25, -0.2) is 0 Å². The molecule has 2 aromatic carbocycles. The fourth-order valence-corrected chi connectivity index (χ4v) is 8.45. The standard InChI is InChI=1S/C37H44BrN3O7/c1-5-7-18-29(43)47-22-27(24-14-10-8-11-15-24)39-34(44)30-31-35(45)41(28(21-42)25-16-12-9-13-17-25)33(36(46)40(19-6-2)23(3)4)37(31)20-26(38)32(30)48-37/h5-6,8-17,23,26-28,30-33,42H,1-2,7,18-22H2,3-4H3,(H,39,44)/t26?,27-,28-,30-,31+,32-,33-,37+/m1/s1. The molecule has 1 unspecified atom stereocenters. The van der Waals surface area contributed by atoms with Crippen molar-refractivity contribution in [1.29, 1.82) is 0 Å². The molecule has 0 aliphatic carbocycles. The van der Waals surface area contributed by atoms with E-state index in [1.165, 1.54) is 4.90 Å². The van der Waals surface area contributed by atoms with Gasteiger partial charge in [0.25, 0.3) is 0 Å². The number of fused-ring (bicyclic) bond motifs is 1. The molecule has 5 rings (SSSR count). The normalized spacial score (nSPS) is 26.9. The van der Waals surface area contributed by atoms with Crippen LogP contribution in [0.15, 0.2) is 86.0 Å². The number of nitrogens with zero attached hydrogens (tertiary/aromatic N) is 2. The molecule has 3 amide bonds. The topological polar surface area (TPSA) is 125 Å². The van der Waals surface area contributed by atoms with Gasteiger partial charge in [0, 0.05) is 23.8 Å². The number of aliphatic hydroxyl groups excluding tert-OH is 1. The molecule has 2 bridgehead atoms. The van der Waals surface area contributed by atoms with Gasteiger partial charge in [-0.2, -0.15) is 0 Å². The summed E-state index contributed by atoms with van der Waals surface area (Å²) in [5.74, 6) is -3.56. The lowest BCUT2D eigenvalue weighted by molar-refractivity contribution is -0.152. The molecule has 8 atom stereocenters. The quantitative estimate of drug-likeness (QED) is 0.160. The number of amides is 3. The van der Waals surface area contributed by atoms with Crippen LogP contribution in [-0.2, 0) is 28.7 Å². The number of esters is 1. The Morgan fingerprint density at radius 3 is 2.33 bits per heavy atom. The molecule has 2 aromatic rings. The summed E-state index contributed by atoms with van der Waals surface area (Å²) in [6.07, 6.45) is 3.53. The Labute approximate surface area is 290 Å². The molecule has 48 heavy (non-hydrogen) atoms. The van der Waals surface area contributed by atoms with E-state index >= 15 is 0 Å². The number of aliphatic hydroxyl groups is 1. The summed E-state index contributed by atoms with van der Waals surface area (Å²) in [5, 5.41) is 13.8. The molecule has 3 heterocycles. The van der Waals surface area contributed by atoms with Crippen molar-refractivity contribution in [2.75, 3.05) is 19.8 Å². The van der Waals surface area contributed by atoms with E-state index in [1.54, 1.807) is 17.1 Å². The highest BCUT2D eigenvalue weighted by molar-refractivity contribution is 9.09. The number of benzene rings is 2. The third-order valence-corrected chi connectivity index (χ3v) is 10.5. The molecule has 3 aliphatic heterocycles. The predicted octanol–water partition coefficient (Wildman–Crippen LogP) is 4.26. The Kier molecular flexibility index (Phi) is 11.2. The Morgan fingerprint density at radius 1 is 1.10 bits per heavy atom. The van der Waals surface area contributed by atoms with Gasteiger partial charge >= 0.3 is 5.97 Å². The molecule has 3 saturated heterocycles. The zero-order chi connectivity index (χ0) is 34.6. The van der Waals surface area contributed by atoms with E-state index in [0.717, 1.165) is 5.56 Å². The van der Waals surface area contributed by atoms with Crippen molar-refractivity contribution in [3.8, 4) is 0 Å². The fourth-order valence-electron chi connectivity index (χ4n) is 7.51. The van der Waals surface area contributed by atoms with Crippen LogP contribution >= 0.6 is 15.9 Å². The first-order valence-electron chi connectivity index (χ1n) is 16.4. The molecule has 1 spiro atoms. The summed E-state index contributed by atoms with van der Waals surface area (Å²) in [6, 6.07) is 15.4. The third-order valence-electron chi connectivity index (χ3n) is 9.67. The fraction of sp³-hybridized carbons (Fsp3) is 0.459. The van der Waals surface area contributed by atoms with Crippen molar-refractivity contribution < 1.29 is 33.8 Å². The van der Waals surface area contributed by atoms with E-state index in [9.17, 15) is 24.3 Å². The number of ether oxygens (including phenoxy) is 2. The number of likely N-dealkylation sites (tertiary alicyclic amines) is 1. The summed E-state index contributed by atoms with van der Waals surface area (Å²) in [5.41, 5.74) is 0.0614. The summed E-state index contributed by atoms with van der Waals surface area (Å²) in [4.78, 5) is 59.0. The smallest absolute Gasteiger partial charge is 0.306 e. The molecule has 3 fully saturated rings. The highest BCUT2D eigenvalue weighted by Gasteiger charge is 2.77. The average Bonchev–Trinajstić information content (AvgIpc) is 3.68. The largest absolute Gasteiger partial charge is 0.463 e. The maximum Gasteiger partial charge on any atom is 0.306 e. The zero-order valence-corrected chi connectivity index (χ0v) is 29.0. The minimum Gasteiger partial charge on any atom is -0.463 e. The number of halogens is 1. The highest BCUT2D eigenvalue weighted by atomic mass is 79.9. The number of rotatable bonds is 15. The van der Waals surface area contributed by atoms with E-state index in [2.05, 4.69) is 34.4 Å². The minimum atomic E-state index is -1.33. The molecule has 0 aromatic heterocycles. The SMILES string of the molecule is C=CCCC(=O)OC[C@@H](NC(=O)[C@H]1[C@@H]2O[C@@]3(CC2Br)[C@@H]1C(=O)N([C@H](CO)c1ccccc1)[C@@H]3C(=O)N(CC=C)C(C)C)c1ccccc1. The third kappa shape index (κ3) is 6.60. The van der Waals surface area contributed by atoms with E-state index < -0.39 is 66.1 Å². The molecule has 3 aliphatic rings. The van der Waals surface area contributed by atoms with Crippen molar-refractivity contribution in [3.63, 3.8) is 0 Å². The van der Waals surface area contributed by atoms with Gasteiger partial charge in [-0.15, -0.1) is 13.2 Å². The van der Waals surface area contributed by atoms with Crippen molar-refractivity contribution in [2.45, 2.75) is 73.8 Å². The van der Waals surface area contributed by atoms with E-state index in [4.69, 9.17) is 9.47 Å². The molecule has 256 valence electrons. The number of carbonyl (C=O) groups is 4. The van der Waals surface area contributed by atoms with Gasteiger partial charge in [0.15, 0.2) is 0 Å². The molecular formula is C37H44BrN3O7. The monoisotopic (exact) mass is 721 g/mol. The van der Waals surface area contributed by atoms with Crippen LogP contribution in [0.5, 0.6) is 0 Å².